The maximum absolute atomic E-state index is 12.8. The summed E-state index contributed by atoms with van der Waals surface area (Å²) in [7, 11) is 0. The zero-order chi connectivity index (χ0) is 21.1. The average Bonchev–Trinajstić information content (AvgIpc) is 2.95. The smallest absolute Gasteiger partial charge is 0.253 e. The molecule has 0 saturated carbocycles. The second-order valence-electron chi connectivity index (χ2n) is 9.16. The van der Waals surface area contributed by atoms with Crippen LogP contribution in [0, 0.1) is 5.41 Å². The number of fused-ring (bicyclic) bond motifs is 1. The molecule has 1 aliphatic carbocycles. The number of aromatic nitrogens is 1. The minimum Gasteiger partial charge on any atom is -0.386 e. The van der Waals surface area contributed by atoms with Gasteiger partial charge in [-0.05, 0) is 55.2 Å². The predicted octanol–water partition coefficient (Wildman–Crippen LogP) is 5.38. The molecule has 0 spiro atoms. The Morgan fingerprint density at radius 2 is 2.17 bits per heavy atom. The number of pyridine rings is 1. The molecule has 2 N–H and O–H groups in total. The quantitative estimate of drug-likeness (QED) is 0.723. The first-order valence-electron chi connectivity index (χ1n) is 10.9. The fraction of sp³-hybridized carbons (Fsp3) is 0.385. The molecule has 2 aromatic rings. The van der Waals surface area contributed by atoms with Crippen LogP contribution in [-0.4, -0.2) is 24.0 Å². The van der Waals surface area contributed by atoms with Gasteiger partial charge in [0.05, 0.1) is 17.6 Å². The van der Waals surface area contributed by atoms with Gasteiger partial charge in [-0.1, -0.05) is 50.3 Å². The van der Waals surface area contributed by atoms with E-state index >= 15 is 0 Å². The van der Waals surface area contributed by atoms with Gasteiger partial charge in [0.1, 0.15) is 0 Å². The lowest BCUT2D eigenvalue weighted by Gasteiger charge is -2.29. The van der Waals surface area contributed by atoms with E-state index in [2.05, 4.69) is 61.8 Å². The summed E-state index contributed by atoms with van der Waals surface area (Å²) in [5.74, 6) is -0.0937. The van der Waals surface area contributed by atoms with Gasteiger partial charge in [0, 0.05) is 29.4 Å². The van der Waals surface area contributed by atoms with Crippen molar-refractivity contribution < 1.29 is 4.79 Å². The van der Waals surface area contributed by atoms with Crippen LogP contribution in [0.2, 0.25) is 0 Å². The molecule has 4 nitrogen and oxygen atoms in total. The first kappa shape index (κ1) is 20.4. The van der Waals surface area contributed by atoms with Crippen molar-refractivity contribution in [2.45, 2.75) is 46.5 Å². The molecule has 4 rings (SSSR count). The summed E-state index contributed by atoms with van der Waals surface area (Å²) in [5.41, 5.74) is 6.76. The molecule has 30 heavy (non-hydrogen) atoms. The van der Waals surface area contributed by atoms with Gasteiger partial charge in [-0.3, -0.25) is 9.78 Å². The number of benzene rings is 1. The normalized spacial score (nSPS) is 18.6. The molecular weight excluding hydrogens is 370 g/mol. The molecular formula is C26H31N3O. The van der Waals surface area contributed by atoms with Gasteiger partial charge in [-0.25, -0.2) is 0 Å². The van der Waals surface area contributed by atoms with Gasteiger partial charge in [0.2, 0.25) is 0 Å². The Morgan fingerprint density at radius 3 is 2.97 bits per heavy atom. The first-order valence-corrected chi connectivity index (χ1v) is 10.9. The minimum absolute atomic E-state index is 0.0937. The van der Waals surface area contributed by atoms with E-state index in [1.54, 1.807) is 6.20 Å². The number of para-hydroxylation sites is 1. The first-order chi connectivity index (χ1) is 14.4. The number of rotatable bonds is 4. The molecule has 156 valence electrons. The zero-order valence-corrected chi connectivity index (χ0v) is 18.2. The lowest BCUT2D eigenvalue weighted by molar-refractivity contribution is 0.0956. The summed E-state index contributed by atoms with van der Waals surface area (Å²) in [5, 5.41) is 7.44. The van der Waals surface area contributed by atoms with E-state index in [1.165, 1.54) is 17.6 Å². The number of carbonyl (C=O) groups is 1. The van der Waals surface area contributed by atoms with Gasteiger partial charge >= 0.3 is 0 Å². The lowest BCUT2D eigenvalue weighted by Crippen LogP contribution is -2.31. The number of allylic oxidation sites excluding steroid dienone is 4. The largest absolute Gasteiger partial charge is 0.386 e. The van der Waals surface area contributed by atoms with Crippen molar-refractivity contribution in [2.75, 3.05) is 13.1 Å². The third-order valence-corrected chi connectivity index (χ3v) is 6.21. The number of hydrogen-bond acceptors (Lipinski definition) is 3. The van der Waals surface area contributed by atoms with Gasteiger partial charge < -0.3 is 10.6 Å². The van der Waals surface area contributed by atoms with Crippen molar-refractivity contribution in [3.8, 4) is 0 Å². The topological polar surface area (TPSA) is 54.0 Å². The van der Waals surface area contributed by atoms with Crippen molar-refractivity contribution in [2.24, 2.45) is 5.41 Å². The second-order valence-corrected chi connectivity index (χ2v) is 9.16. The van der Waals surface area contributed by atoms with E-state index in [9.17, 15) is 4.79 Å². The van der Waals surface area contributed by atoms with Crippen molar-refractivity contribution >= 4 is 22.4 Å². The maximum Gasteiger partial charge on any atom is 0.253 e. The number of carbonyl (C=O) groups excluding carboxylic acids is 1. The number of hydrogen-bond donors (Lipinski definition) is 2. The Hall–Kier alpha value is -2.88. The fourth-order valence-electron chi connectivity index (χ4n) is 4.14. The van der Waals surface area contributed by atoms with E-state index < -0.39 is 0 Å². The molecule has 2 heterocycles. The molecule has 0 unspecified atom stereocenters. The molecule has 0 atom stereocenters. The predicted molar refractivity (Wildman–Crippen MR) is 124 cm³/mol. The summed E-state index contributed by atoms with van der Waals surface area (Å²) in [6.45, 7) is 8.11. The van der Waals surface area contributed by atoms with E-state index in [0.717, 1.165) is 48.0 Å². The Balaban J connectivity index is 1.53. The third kappa shape index (κ3) is 4.48. The molecule has 2 aliphatic rings. The SMILES string of the molecule is CC1=C(CNC(=O)c2cnc3c(C4=CCC(C)(C)CC4)cccc3c2)NCCC=C1. The standard InChI is InChI=1S/C26H31N3O/c1-18-7-4-5-14-27-23(18)17-29-25(30)21-15-20-8-6-9-22(24(20)28-16-21)19-10-12-26(2,3)13-11-19/h4,6-10,15-16,27H,5,11-14,17H2,1-3H3,(H,29,30). The van der Waals surface area contributed by atoms with E-state index in [-0.39, 0.29) is 5.91 Å². The molecule has 0 radical (unpaired) electrons. The van der Waals surface area contributed by atoms with Crippen LogP contribution in [0.3, 0.4) is 0 Å². The highest BCUT2D eigenvalue weighted by Gasteiger charge is 2.23. The van der Waals surface area contributed by atoms with Gasteiger partial charge in [0.15, 0.2) is 0 Å². The molecule has 1 aliphatic heterocycles. The van der Waals surface area contributed by atoms with Crippen LogP contribution in [0.4, 0.5) is 0 Å². The monoisotopic (exact) mass is 401 g/mol. The van der Waals surface area contributed by atoms with Crippen LogP contribution in [0.25, 0.3) is 16.5 Å². The van der Waals surface area contributed by atoms with Crippen molar-refractivity contribution in [1.29, 1.82) is 0 Å². The number of amides is 1. The van der Waals surface area contributed by atoms with Crippen LogP contribution >= 0.6 is 0 Å². The molecule has 1 aromatic heterocycles. The van der Waals surface area contributed by atoms with Gasteiger partial charge in [-0.2, -0.15) is 0 Å². The highest BCUT2D eigenvalue weighted by molar-refractivity contribution is 5.99. The Labute approximate surface area is 179 Å². The van der Waals surface area contributed by atoms with Crippen molar-refractivity contribution in [1.82, 2.24) is 15.6 Å². The van der Waals surface area contributed by atoms with Crippen molar-refractivity contribution in [3.63, 3.8) is 0 Å². The Morgan fingerprint density at radius 1 is 1.30 bits per heavy atom. The zero-order valence-electron chi connectivity index (χ0n) is 18.2. The van der Waals surface area contributed by atoms with E-state index in [1.807, 2.05) is 12.1 Å². The molecule has 1 amide bonds. The van der Waals surface area contributed by atoms with E-state index in [4.69, 9.17) is 4.98 Å². The number of nitrogens with one attached hydrogen (secondary N) is 2. The summed E-state index contributed by atoms with van der Waals surface area (Å²) < 4.78 is 0. The summed E-state index contributed by atoms with van der Waals surface area (Å²) in [6, 6.07) is 8.22. The highest BCUT2D eigenvalue weighted by atomic mass is 16.1. The summed E-state index contributed by atoms with van der Waals surface area (Å²) in [6.07, 6.45) is 12.7. The van der Waals surface area contributed by atoms with Crippen LogP contribution in [0.15, 0.2) is 60.0 Å². The maximum atomic E-state index is 12.8. The molecule has 1 aromatic carbocycles. The molecule has 0 fully saturated rings. The molecule has 4 heteroatoms. The Bertz CT molecular complexity index is 1060. The Kier molecular flexibility index (Phi) is 5.76. The molecule has 0 bridgehead atoms. The summed E-state index contributed by atoms with van der Waals surface area (Å²) >= 11 is 0. The van der Waals surface area contributed by atoms with Crippen LogP contribution in [0.1, 0.15) is 62.4 Å². The fourth-order valence-corrected chi connectivity index (χ4v) is 4.14. The number of nitrogens with zero attached hydrogens (tertiary/aromatic N) is 1. The minimum atomic E-state index is -0.0937. The van der Waals surface area contributed by atoms with E-state index in [0.29, 0.717) is 17.5 Å². The summed E-state index contributed by atoms with van der Waals surface area (Å²) in [4.78, 5) is 17.4. The second kappa shape index (κ2) is 8.47. The third-order valence-electron chi connectivity index (χ3n) is 6.21. The highest BCUT2D eigenvalue weighted by Crippen LogP contribution is 2.39. The average molecular weight is 402 g/mol. The van der Waals surface area contributed by atoms with Crippen LogP contribution < -0.4 is 10.6 Å². The van der Waals surface area contributed by atoms with Gasteiger partial charge in [-0.15, -0.1) is 0 Å². The van der Waals surface area contributed by atoms with Crippen LogP contribution in [0.5, 0.6) is 0 Å². The lowest BCUT2D eigenvalue weighted by atomic mass is 9.77. The van der Waals surface area contributed by atoms with Gasteiger partial charge in [0.25, 0.3) is 5.91 Å². The molecule has 0 saturated heterocycles. The van der Waals surface area contributed by atoms with Crippen LogP contribution in [-0.2, 0) is 0 Å². The van der Waals surface area contributed by atoms with Crippen molar-refractivity contribution in [3.05, 3.63) is 71.1 Å².